The van der Waals surface area contributed by atoms with E-state index in [0.29, 0.717) is 17.4 Å². The number of amides is 1. The van der Waals surface area contributed by atoms with Gasteiger partial charge in [-0.1, -0.05) is 42.5 Å². The highest BCUT2D eigenvalue weighted by atomic mass is 79.9. The van der Waals surface area contributed by atoms with E-state index in [4.69, 9.17) is 4.74 Å². The fourth-order valence-corrected chi connectivity index (χ4v) is 2.24. The minimum atomic E-state index is -0.465. The number of nitrogens with one attached hydrogen (secondary N) is 1. The van der Waals surface area contributed by atoms with Crippen LogP contribution in [0.1, 0.15) is 11.1 Å². The van der Waals surface area contributed by atoms with Crippen molar-refractivity contribution in [1.82, 2.24) is 5.32 Å². The zero-order valence-corrected chi connectivity index (χ0v) is 13.0. The van der Waals surface area contributed by atoms with E-state index in [2.05, 4.69) is 21.2 Å². The Balaban J connectivity index is 1.73. The highest BCUT2D eigenvalue weighted by Gasteiger charge is 2.06. The Hall–Kier alpha value is -2.01. The van der Waals surface area contributed by atoms with Gasteiger partial charge in [0.05, 0.1) is 4.47 Å². The van der Waals surface area contributed by atoms with Gasteiger partial charge in [-0.3, -0.25) is 0 Å². The third-order valence-electron chi connectivity index (χ3n) is 2.95. The number of halogens is 1. The van der Waals surface area contributed by atoms with Crippen molar-refractivity contribution in [3.05, 3.63) is 64.1 Å². The summed E-state index contributed by atoms with van der Waals surface area (Å²) in [5, 5.41) is 12.5. The molecule has 0 unspecified atom stereocenters. The summed E-state index contributed by atoms with van der Waals surface area (Å²) in [5.41, 5.74) is 1.71. The number of alkyl carbamates (subject to hydrolysis) is 1. The number of hydrogen-bond acceptors (Lipinski definition) is 3. The van der Waals surface area contributed by atoms with Crippen LogP contribution >= 0.6 is 15.9 Å². The predicted molar refractivity (Wildman–Crippen MR) is 84.1 cm³/mol. The number of ether oxygens (including phenoxy) is 1. The standard InChI is InChI=1S/C16H16BrNO3/c17-14-8-4-7-13(15(14)19)9-10-18-16(20)21-11-12-5-2-1-3-6-12/h1-8,19H,9-11H2,(H,18,20). The minimum absolute atomic E-state index is 0.206. The first kappa shape index (κ1) is 15.4. The first-order valence-electron chi connectivity index (χ1n) is 6.57. The van der Waals surface area contributed by atoms with Crippen LogP contribution in [0.5, 0.6) is 5.75 Å². The van der Waals surface area contributed by atoms with Crippen molar-refractivity contribution in [2.24, 2.45) is 0 Å². The lowest BCUT2D eigenvalue weighted by Gasteiger charge is -2.08. The Labute approximate surface area is 131 Å². The van der Waals surface area contributed by atoms with Crippen LogP contribution in [-0.4, -0.2) is 17.7 Å². The Morgan fingerprint density at radius 1 is 1.14 bits per heavy atom. The third-order valence-corrected chi connectivity index (χ3v) is 3.59. The number of hydrogen-bond donors (Lipinski definition) is 2. The van der Waals surface area contributed by atoms with Gasteiger partial charge in [-0.25, -0.2) is 4.79 Å². The molecule has 2 aromatic rings. The molecular weight excluding hydrogens is 334 g/mol. The molecule has 110 valence electrons. The first-order valence-corrected chi connectivity index (χ1v) is 7.37. The lowest BCUT2D eigenvalue weighted by Crippen LogP contribution is -2.26. The minimum Gasteiger partial charge on any atom is -0.506 e. The number of rotatable bonds is 5. The summed E-state index contributed by atoms with van der Waals surface area (Å²) in [4.78, 5) is 11.6. The zero-order valence-electron chi connectivity index (χ0n) is 11.4. The van der Waals surface area contributed by atoms with Crippen LogP contribution in [0.15, 0.2) is 53.0 Å². The summed E-state index contributed by atoms with van der Waals surface area (Å²) < 4.78 is 5.74. The first-order chi connectivity index (χ1) is 10.2. The second kappa shape index (κ2) is 7.69. The van der Waals surface area contributed by atoms with Gasteiger partial charge in [-0.15, -0.1) is 0 Å². The van der Waals surface area contributed by atoms with Gasteiger partial charge in [-0.05, 0) is 39.5 Å². The Kier molecular flexibility index (Phi) is 5.63. The molecule has 0 aromatic heterocycles. The smallest absolute Gasteiger partial charge is 0.407 e. The highest BCUT2D eigenvalue weighted by Crippen LogP contribution is 2.27. The molecule has 0 bridgehead atoms. The molecule has 2 aromatic carbocycles. The maximum absolute atomic E-state index is 11.6. The van der Waals surface area contributed by atoms with E-state index < -0.39 is 6.09 Å². The number of phenols is 1. The van der Waals surface area contributed by atoms with Gasteiger partial charge >= 0.3 is 6.09 Å². The fraction of sp³-hybridized carbons (Fsp3) is 0.188. The number of para-hydroxylation sites is 1. The van der Waals surface area contributed by atoms with Gasteiger partial charge in [0.1, 0.15) is 12.4 Å². The number of phenolic OH excluding ortho intramolecular Hbond substituents is 1. The van der Waals surface area contributed by atoms with Gasteiger partial charge in [0.15, 0.2) is 0 Å². The quantitative estimate of drug-likeness (QED) is 0.866. The number of carbonyl (C=O) groups excluding carboxylic acids is 1. The number of benzene rings is 2. The predicted octanol–water partition coefficient (Wildman–Crippen LogP) is 3.62. The van der Waals surface area contributed by atoms with E-state index in [1.165, 1.54) is 0 Å². The van der Waals surface area contributed by atoms with E-state index in [9.17, 15) is 9.90 Å². The summed E-state index contributed by atoms with van der Waals surface area (Å²) >= 11 is 3.26. The number of carbonyl (C=O) groups is 1. The maximum Gasteiger partial charge on any atom is 0.407 e. The second-order valence-electron chi connectivity index (χ2n) is 4.49. The Morgan fingerprint density at radius 2 is 1.90 bits per heavy atom. The topological polar surface area (TPSA) is 58.6 Å². The SMILES string of the molecule is O=C(NCCc1cccc(Br)c1O)OCc1ccccc1. The van der Waals surface area contributed by atoms with E-state index >= 15 is 0 Å². The summed E-state index contributed by atoms with van der Waals surface area (Å²) in [6, 6.07) is 14.9. The van der Waals surface area contributed by atoms with Crippen LogP contribution in [0.25, 0.3) is 0 Å². The van der Waals surface area contributed by atoms with Gasteiger partial charge in [0.25, 0.3) is 0 Å². The molecule has 0 saturated heterocycles. The highest BCUT2D eigenvalue weighted by molar-refractivity contribution is 9.10. The van der Waals surface area contributed by atoms with Crippen LogP contribution in [0.2, 0.25) is 0 Å². The molecule has 4 nitrogen and oxygen atoms in total. The molecule has 2 rings (SSSR count). The molecule has 1 amide bonds. The van der Waals surface area contributed by atoms with Crippen molar-refractivity contribution in [2.45, 2.75) is 13.0 Å². The molecule has 0 atom stereocenters. The van der Waals surface area contributed by atoms with Crippen LogP contribution in [0.4, 0.5) is 4.79 Å². The lowest BCUT2D eigenvalue weighted by atomic mass is 10.1. The molecule has 21 heavy (non-hydrogen) atoms. The summed E-state index contributed by atoms with van der Waals surface area (Å²) in [6.45, 7) is 0.645. The zero-order chi connectivity index (χ0) is 15.1. The average Bonchev–Trinajstić information content (AvgIpc) is 2.50. The third kappa shape index (κ3) is 4.79. The van der Waals surface area contributed by atoms with Gasteiger partial charge in [-0.2, -0.15) is 0 Å². The van der Waals surface area contributed by atoms with Crippen molar-refractivity contribution >= 4 is 22.0 Å². The molecule has 0 radical (unpaired) electrons. The second-order valence-corrected chi connectivity index (χ2v) is 5.34. The van der Waals surface area contributed by atoms with Crippen LogP contribution < -0.4 is 5.32 Å². The molecule has 5 heteroatoms. The molecule has 0 aliphatic heterocycles. The molecule has 0 saturated carbocycles. The van der Waals surface area contributed by atoms with Gasteiger partial charge in [0.2, 0.25) is 0 Å². The molecule has 0 fully saturated rings. The molecule has 0 spiro atoms. The van der Waals surface area contributed by atoms with Crippen molar-refractivity contribution in [1.29, 1.82) is 0 Å². The summed E-state index contributed by atoms with van der Waals surface area (Å²) in [5.74, 6) is 0.206. The van der Waals surface area contributed by atoms with Crippen molar-refractivity contribution in [2.75, 3.05) is 6.54 Å². The fourth-order valence-electron chi connectivity index (χ4n) is 1.84. The monoisotopic (exact) mass is 349 g/mol. The molecule has 0 aliphatic rings. The molecule has 0 aliphatic carbocycles. The van der Waals surface area contributed by atoms with Gasteiger partial charge < -0.3 is 15.2 Å². The van der Waals surface area contributed by atoms with E-state index in [-0.39, 0.29) is 12.4 Å². The number of aromatic hydroxyl groups is 1. The summed E-state index contributed by atoms with van der Waals surface area (Å²) in [7, 11) is 0. The lowest BCUT2D eigenvalue weighted by molar-refractivity contribution is 0.140. The van der Waals surface area contributed by atoms with Crippen LogP contribution in [0.3, 0.4) is 0 Å². The van der Waals surface area contributed by atoms with Gasteiger partial charge in [0, 0.05) is 6.54 Å². The normalized spacial score (nSPS) is 10.1. The van der Waals surface area contributed by atoms with Crippen molar-refractivity contribution < 1.29 is 14.6 Å². The van der Waals surface area contributed by atoms with E-state index in [1.807, 2.05) is 42.5 Å². The average molecular weight is 350 g/mol. The molecule has 0 heterocycles. The van der Waals surface area contributed by atoms with Crippen LogP contribution in [0, 0.1) is 0 Å². The van der Waals surface area contributed by atoms with Crippen molar-refractivity contribution in [3.63, 3.8) is 0 Å². The molecule has 2 N–H and O–H groups in total. The summed E-state index contributed by atoms with van der Waals surface area (Å²) in [6.07, 6.45) is 0.0689. The maximum atomic E-state index is 11.6. The van der Waals surface area contributed by atoms with Crippen molar-refractivity contribution in [3.8, 4) is 5.75 Å². The van der Waals surface area contributed by atoms with E-state index in [0.717, 1.165) is 11.1 Å². The molecular formula is C16H16BrNO3. The van der Waals surface area contributed by atoms with Crippen LogP contribution in [-0.2, 0) is 17.8 Å². The largest absolute Gasteiger partial charge is 0.506 e. The Morgan fingerprint density at radius 3 is 2.67 bits per heavy atom. The Bertz CT molecular complexity index is 602. The van der Waals surface area contributed by atoms with E-state index in [1.54, 1.807) is 6.07 Å².